The zero-order valence-corrected chi connectivity index (χ0v) is 7.23. The molecule has 2 nitrogen and oxygen atoms in total. The van der Waals surface area contributed by atoms with Crippen molar-refractivity contribution in [3.8, 4) is 0 Å². The molecule has 0 spiro atoms. The molecule has 0 heterocycles. The summed E-state index contributed by atoms with van der Waals surface area (Å²) in [5.41, 5.74) is 4.90. The highest BCUT2D eigenvalue weighted by atomic mass is 32.2. The Labute approximate surface area is 70.8 Å². The van der Waals surface area contributed by atoms with Gasteiger partial charge in [0.25, 0.3) is 0 Å². The summed E-state index contributed by atoms with van der Waals surface area (Å²) < 4.78 is 0. The number of nitrogens with two attached hydrogens (primary N) is 1. The van der Waals surface area contributed by atoms with E-state index in [1.54, 1.807) is 11.5 Å². The van der Waals surface area contributed by atoms with Crippen LogP contribution in [0, 0.1) is 0 Å². The summed E-state index contributed by atoms with van der Waals surface area (Å²) in [5.74, 6) is -0.436. The van der Waals surface area contributed by atoms with Crippen LogP contribution in [0.1, 0.15) is 6.92 Å². The minimum absolute atomic E-state index is 0.436. The summed E-state index contributed by atoms with van der Waals surface area (Å²) >= 11 is 1.45. The van der Waals surface area contributed by atoms with Crippen molar-refractivity contribution in [2.75, 3.05) is 0 Å². The second kappa shape index (κ2) is 5.80. The van der Waals surface area contributed by atoms with E-state index in [2.05, 4.69) is 6.58 Å². The van der Waals surface area contributed by atoms with Crippen molar-refractivity contribution in [1.29, 1.82) is 0 Å². The first-order valence-corrected chi connectivity index (χ1v) is 4.00. The van der Waals surface area contributed by atoms with Gasteiger partial charge in [-0.1, -0.05) is 24.4 Å². The number of rotatable bonds is 4. The number of thioether (sulfide) groups is 1. The number of carbonyl (C=O) groups excluding carboxylic acids is 1. The number of carbonyl (C=O) groups is 1. The van der Waals surface area contributed by atoms with Crippen LogP contribution in [0.25, 0.3) is 0 Å². The topological polar surface area (TPSA) is 43.1 Å². The molecule has 1 amide bonds. The SMILES string of the molecule is C=CSC(=C\C)/C=C/C(N)=O. The van der Waals surface area contributed by atoms with Crippen molar-refractivity contribution in [1.82, 2.24) is 0 Å². The maximum atomic E-state index is 10.3. The molecular weight excluding hydrogens is 158 g/mol. The molecule has 0 rings (SSSR count). The van der Waals surface area contributed by atoms with Crippen LogP contribution in [0.3, 0.4) is 0 Å². The van der Waals surface area contributed by atoms with Gasteiger partial charge >= 0.3 is 0 Å². The van der Waals surface area contributed by atoms with E-state index < -0.39 is 5.91 Å². The third kappa shape index (κ3) is 5.48. The van der Waals surface area contributed by atoms with E-state index >= 15 is 0 Å². The largest absolute Gasteiger partial charge is 0.366 e. The number of primary amides is 1. The maximum Gasteiger partial charge on any atom is 0.241 e. The molecule has 0 saturated carbocycles. The third-order valence-corrected chi connectivity index (χ3v) is 1.73. The molecule has 0 aromatic carbocycles. The molecule has 0 saturated heterocycles. The van der Waals surface area contributed by atoms with Crippen LogP contribution in [-0.2, 0) is 4.79 Å². The van der Waals surface area contributed by atoms with E-state index in [1.807, 2.05) is 13.0 Å². The van der Waals surface area contributed by atoms with Gasteiger partial charge < -0.3 is 5.73 Å². The summed E-state index contributed by atoms with van der Waals surface area (Å²) in [7, 11) is 0. The molecule has 2 N–H and O–H groups in total. The summed E-state index contributed by atoms with van der Waals surface area (Å²) in [6.07, 6.45) is 4.87. The molecular formula is C8H11NOS. The Morgan fingerprint density at radius 3 is 2.55 bits per heavy atom. The maximum absolute atomic E-state index is 10.3. The van der Waals surface area contributed by atoms with Gasteiger partial charge in [-0.2, -0.15) is 0 Å². The molecule has 0 aliphatic carbocycles. The van der Waals surface area contributed by atoms with Crippen LogP contribution >= 0.6 is 11.8 Å². The zero-order chi connectivity index (χ0) is 8.69. The van der Waals surface area contributed by atoms with E-state index in [-0.39, 0.29) is 0 Å². The minimum Gasteiger partial charge on any atom is -0.366 e. The molecule has 0 aromatic heterocycles. The van der Waals surface area contributed by atoms with Gasteiger partial charge in [0.2, 0.25) is 5.91 Å². The lowest BCUT2D eigenvalue weighted by molar-refractivity contribution is -0.113. The highest BCUT2D eigenvalue weighted by Gasteiger charge is 1.87. The average Bonchev–Trinajstić information content (AvgIpc) is 1.97. The summed E-state index contributed by atoms with van der Waals surface area (Å²) in [6, 6.07) is 0. The molecule has 11 heavy (non-hydrogen) atoms. The smallest absolute Gasteiger partial charge is 0.241 e. The molecule has 0 unspecified atom stereocenters. The van der Waals surface area contributed by atoms with Gasteiger partial charge in [0.05, 0.1) is 0 Å². The fraction of sp³-hybridized carbons (Fsp3) is 0.125. The van der Waals surface area contributed by atoms with Crippen LogP contribution in [0.4, 0.5) is 0 Å². The fourth-order valence-corrected chi connectivity index (χ4v) is 0.939. The van der Waals surface area contributed by atoms with Crippen molar-refractivity contribution in [3.05, 3.63) is 35.1 Å². The Kier molecular flexibility index (Phi) is 5.29. The van der Waals surface area contributed by atoms with Crippen LogP contribution in [0.5, 0.6) is 0 Å². The van der Waals surface area contributed by atoms with Crippen molar-refractivity contribution in [3.63, 3.8) is 0 Å². The fourth-order valence-electron chi connectivity index (χ4n) is 0.464. The Morgan fingerprint density at radius 2 is 2.18 bits per heavy atom. The Hall–Kier alpha value is -0.960. The number of hydrogen-bond donors (Lipinski definition) is 1. The highest BCUT2D eigenvalue weighted by Crippen LogP contribution is 2.16. The standard InChI is InChI=1S/C8H11NOS/c1-3-7(11-4-2)5-6-8(9)10/h3-6H,2H2,1H3,(H2,9,10)/b6-5+,7-3-. The average molecular weight is 169 g/mol. The normalized spacial score (nSPS) is 11.9. The molecule has 60 valence electrons. The Bertz CT molecular complexity index is 206. The second-order valence-corrected chi connectivity index (χ2v) is 2.75. The van der Waals surface area contributed by atoms with Gasteiger partial charge in [-0.3, -0.25) is 4.79 Å². The first-order valence-electron chi connectivity index (χ1n) is 3.12. The van der Waals surface area contributed by atoms with E-state index in [9.17, 15) is 4.79 Å². The van der Waals surface area contributed by atoms with E-state index in [4.69, 9.17) is 5.73 Å². The van der Waals surface area contributed by atoms with Gasteiger partial charge in [0.1, 0.15) is 0 Å². The lowest BCUT2D eigenvalue weighted by Gasteiger charge is -1.92. The van der Waals surface area contributed by atoms with Crippen LogP contribution in [0.15, 0.2) is 35.1 Å². The van der Waals surface area contributed by atoms with E-state index in [0.717, 1.165) is 4.91 Å². The lowest BCUT2D eigenvalue weighted by Crippen LogP contribution is -2.05. The summed E-state index contributed by atoms with van der Waals surface area (Å²) in [6.45, 7) is 5.43. The van der Waals surface area contributed by atoms with Gasteiger partial charge in [0.15, 0.2) is 0 Å². The Morgan fingerprint density at radius 1 is 1.55 bits per heavy atom. The first kappa shape index (κ1) is 10.0. The predicted molar refractivity (Wildman–Crippen MR) is 49.9 cm³/mol. The third-order valence-electron chi connectivity index (χ3n) is 0.916. The molecule has 0 aliphatic heterocycles. The molecule has 0 atom stereocenters. The highest BCUT2D eigenvalue weighted by molar-refractivity contribution is 8.06. The van der Waals surface area contributed by atoms with Crippen molar-refractivity contribution in [2.45, 2.75) is 6.92 Å². The van der Waals surface area contributed by atoms with Crippen LogP contribution in [-0.4, -0.2) is 5.91 Å². The van der Waals surface area contributed by atoms with Crippen LogP contribution < -0.4 is 5.73 Å². The number of amides is 1. The van der Waals surface area contributed by atoms with Gasteiger partial charge in [-0.25, -0.2) is 0 Å². The molecule has 0 aliphatic rings. The molecule has 0 aromatic rings. The van der Waals surface area contributed by atoms with Gasteiger partial charge in [-0.15, -0.1) is 0 Å². The minimum atomic E-state index is -0.436. The van der Waals surface area contributed by atoms with E-state index in [1.165, 1.54) is 17.8 Å². The number of allylic oxidation sites excluding steroid dienone is 2. The van der Waals surface area contributed by atoms with E-state index in [0.29, 0.717) is 0 Å². The predicted octanol–water partition coefficient (Wildman–Crippen LogP) is 1.81. The van der Waals surface area contributed by atoms with Crippen LogP contribution in [0.2, 0.25) is 0 Å². The lowest BCUT2D eigenvalue weighted by atomic mass is 10.4. The first-order chi connectivity index (χ1) is 5.20. The number of hydrogen-bond acceptors (Lipinski definition) is 2. The molecule has 0 bridgehead atoms. The Balaban J connectivity index is 4.08. The molecule has 0 fully saturated rings. The second-order valence-electron chi connectivity index (χ2n) is 1.71. The molecule has 0 radical (unpaired) electrons. The summed E-state index contributed by atoms with van der Waals surface area (Å²) in [4.78, 5) is 11.3. The monoisotopic (exact) mass is 169 g/mol. The molecule has 3 heteroatoms. The van der Waals surface area contributed by atoms with Crippen molar-refractivity contribution in [2.24, 2.45) is 5.73 Å². The van der Waals surface area contributed by atoms with Crippen molar-refractivity contribution >= 4 is 17.7 Å². The quantitative estimate of drug-likeness (QED) is 0.515. The van der Waals surface area contributed by atoms with Crippen molar-refractivity contribution < 1.29 is 4.79 Å². The summed E-state index contributed by atoms with van der Waals surface area (Å²) in [5, 5.41) is 1.70. The van der Waals surface area contributed by atoms with Gasteiger partial charge in [0, 0.05) is 11.0 Å². The zero-order valence-electron chi connectivity index (χ0n) is 6.41. The van der Waals surface area contributed by atoms with Gasteiger partial charge in [-0.05, 0) is 18.4 Å².